The van der Waals surface area contributed by atoms with Crippen molar-refractivity contribution in [1.82, 2.24) is 19.7 Å². The van der Waals surface area contributed by atoms with Gasteiger partial charge in [0.05, 0.1) is 19.5 Å². The van der Waals surface area contributed by atoms with Crippen LogP contribution in [-0.4, -0.2) is 92.2 Å². The molecule has 0 atom stereocenters. The van der Waals surface area contributed by atoms with E-state index in [1.807, 2.05) is 0 Å². The van der Waals surface area contributed by atoms with Gasteiger partial charge in [0.25, 0.3) is 0 Å². The second-order valence-corrected chi connectivity index (χ2v) is 9.54. The summed E-state index contributed by atoms with van der Waals surface area (Å²) in [5.74, 6) is 0.0733. The quantitative estimate of drug-likeness (QED) is 0.0699. The first-order valence-electron chi connectivity index (χ1n) is 9.18. The molecule has 0 bridgehead atoms. The zero-order chi connectivity index (χ0) is 23.8. The van der Waals surface area contributed by atoms with E-state index in [9.17, 15) is 31.6 Å². The molecule has 0 spiro atoms. The maximum Gasteiger partial charge on any atom is 1.00 e. The minimum atomic E-state index is -4.68. The predicted octanol–water partition coefficient (Wildman–Crippen LogP) is -7.92. The largest absolute Gasteiger partial charge is 1.00 e. The summed E-state index contributed by atoms with van der Waals surface area (Å²) in [5.41, 5.74) is 0.0969. The molecule has 178 valence electrons. The van der Waals surface area contributed by atoms with Gasteiger partial charge in [-0.05, 0) is 0 Å². The summed E-state index contributed by atoms with van der Waals surface area (Å²) in [6.07, 6.45) is 1.02. The van der Waals surface area contributed by atoms with E-state index in [2.05, 4.69) is 36.4 Å². The summed E-state index contributed by atoms with van der Waals surface area (Å²) in [6.45, 7) is -0.0909. The first-order valence-corrected chi connectivity index (χ1v) is 12.5. The molecule has 0 unspecified atom stereocenters. The van der Waals surface area contributed by atoms with Crippen molar-refractivity contribution in [1.29, 1.82) is 0 Å². The van der Waals surface area contributed by atoms with Gasteiger partial charge in [0.1, 0.15) is 10.1 Å². The third-order valence-corrected chi connectivity index (χ3v) is 5.29. The second-order valence-electron chi connectivity index (χ2n) is 6.33. The number of rotatable bonds is 13. The number of aliphatic hydroxyl groups excluding tert-OH is 2. The minimum Gasteiger partial charge on any atom is -0.746 e. The van der Waals surface area contributed by atoms with Crippen LogP contribution >= 0.6 is 0 Å². The zero-order valence-electron chi connectivity index (χ0n) is 19.0. The Balaban J connectivity index is 0.00000544. The Labute approximate surface area is 242 Å². The molecule has 1 heterocycles. The van der Waals surface area contributed by atoms with Gasteiger partial charge in [-0.15, -0.1) is 6.07 Å². The molecule has 0 aliphatic heterocycles. The van der Waals surface area contributed by atoms with Crippen LogP contribution in [0.2, 0.25) is 0 Å². The van der Waals surface area contributed by atoms with Gasteiger partial charge in [0.15, 0.2) is 0 Å². The van der Waals surface area contributed by atoms with Crippen LogP contribution in [-0.2, 0) is 20.1 Å². The molecule has 34 heavy (non-hydrogen) atoms. The van der Waals surface area contributed by atoms with Crippen LogP contribution in [0, 0.1) is 6.07 Å². The fourth-order valence-corrected chi connectivity index (χ4v) is 3.37. The van der Waals surface area contributed by atoms with Crippen molar-refractivity contribution in [2.75, 3.05) is 61.2 Å². The third-order valence-electron chi connectivity index (χ3n) is 3.73. The van der Waals surface area contributed by atoms with Crippen LogP contribution in [0.5, 0.6) is 0 Å². The molecule has 14 nitrogen and oxygen atoms in total. The number of aliphatic hydroxyl groups is 2. The fraction of sp³-hybridized carbons (Fsp3) is 0.438. The summed E-state index contributed by atoms with van der Waals surface area (Å²) in [6, 6.07) is 6.12. The van der Waals surface area contributed by atoms with Crippen LogP contribution in [0.1, 0.15) is 0 Å². The normalized spacial score (nSPS) is 11.2. The van der Waals surface area contributed by atoms with Crippen molar-refractivity contribution in [3.63, 3.8) is 0 Å². The summed E-state index contributed by atoms with van der Waals surface area (Å²) in [4.78, 5) is 13.5. The van der Waals surface area contributed by atoms with Crippen LogP contribution < -0.4 is 79.4 Å². The van der Waals surface area contributed by atoms with Gasteiger partial charge in [-0.25, -0.2) is 21.6 Å². The molecule has 18 heteroatoms. The monoisotopic (exact) mass is 535 g/mol. The maximum atomic E-state index is 11.2. The van der Waals surface area contributed by atoms with Crippen molar-refractivity contribution < 1.29 is 90.7 Å². The van der Waals surface area contributed by atoms with E-state index in [0.717, 1.165) is 18.4 Å². The van der Waals surface area contributed by atoms with E-state index < -0.39 is 25.0 Å². The van der Waals surface area contributed by atoms with Crippen molar-refractivity contribution in [3.05, 3.63) is 24.3 Å². The van der Waals surface area contributed by atoms with Gasteiger partial charge in [0, 0.05) is 26.2 Å². The number of nitrogens with one attached hydrogen (secondary N) is 3. The number of aromatic nitrogens is 3. The molecule has 0 aliphatic carbocycles. The number of anilines is 4. The number of hydrogen-bond donors (Lipinski definition) is 5. The molecule has 0 saturated heterocycles. The number of benzene rings is 1. The third kappa shape index (κ3) is 11.9. The Bertz CT molecular complexity index is 1120. The Hall–Kier alpha value is -0.630. The Morgan fingerprint density at radius 2 is 1.65 bits per heavy atom. The SMILES string of the molecule is CS(=O)(=O)NCCNc1nc(Nc2[c-]ccc(S(=O)(=O)[O-])c2)nc(N(CCO)CCO)n1.[Na+].[Na+]. The van der Waals surface area contributed by atoms with E-state index in [0.29, 0.717) is 0 Å². The van der Waals surface area contributed by atoms with Crippen molar-refractivity contribution in [2.45, 2.75) is 4.90 Å². The van der Waals surface area contributed by atoms with E-state index in [1.165, 1.54) is 11.0 Å². The summed E-state index contributed by atoms with van der Waals surface area (Å²) in [5, 5.41) is 24.1. The van der Waals surface area contributed by atoms with E-state index in [1.54, 1.807) is 0 Å². The maximum absolute atomic E-state index is 11.2. The van der Waals surface area contributed by atoms with Gasteiger partial charge < -0.3 is 30.3 Å². The van der Waals surface area contributed by atoms with Crippen molar-refractivity contribution >= 4 is 43.7 Å². The van der Waals surface area contributed by atoms with Gasteiger partial charge in [0.2, 0.25) is 27.9 Å². The molecule has 0 radical (unpaired) electrons. The standard InChI is InChI=1S/C16H24N7O7S2.2Na/c1-31(26,27)18-6-5-17-14-20-15(22-16(21-14)23(7-9-24)8-10-25)19-12-3-2-4-13(11-12)32(28,29)30;;/h2,4,11,18,24-25H,5-10H2,1H3,(H,28,29,30)(H2,17,19,20,21,22);;/q-1;2*+1/p-1. The Morgan fingerprint density at radius 1 is 1.03 bits per heavy atom. The molecule has 0 fully saturated rings. The van der Waals surface area contributed by atoms with E-state index in [4.69, 9.17) is 0 Å². The fourth-order valence-electron chi connectivity index (χ4n) is 2.40. The average molecular weight is 536 g/mol. The van der Waals surface area contributed by atoms with Gasteiger partial charge in [-0.2, -0.15) is 33.2 Å². The van der Waals surface area contributed by atoms with Crippen LogP contribution in [0.3, 0.4) is 0 Å². The van der Waals surface area contributed by atoms with Crippen molar-refractivity contribution in [2.24, 2.45) is 0 Å². The molecule has 0 saturated carbocycles. The average Bonchev–Trinajstić information content (AvgIpc) is 2.70. The molecule has 2 rings (SSSR count). The molecule has 2 aromatic rings. The van der Waals surface area contributed by atoms with Gasteiger partial charge >= 0.3 is 59.1 Å². The molecule has 1 aromatic heterocycles. The van der Waals surface area contributed by atoms with Crippen LogP contribution in [0.25, 0.3) is 0 Å². The first kappa shape index (κ1) is 33.4. The Morgan fingerprint density at radius 3 is 2.21 bits per heavy atom. The van der Waals surface area contributed by atoms with Crippen molar-refractivity contribution in [3.8, 4) is 0 Å². The smallest absolute Gasteiger partial charge is 0.746 e. The first-order chi connectivity index (χ1) is 15.0. The van der Waals surface area contributed by atoms with Crippen LogP contribution in [0.15, 0.2) is 23.1 Å². The topological polar surface area (TPSA) is 210 Å². The molecule has 0 aliphatic rings. The molecule has 1 aromatic carbocycles. The number of nitrogens with zero attached hydrogens (tertiary/aromatic N) is 4. The molecule has 5 N–H and O–H groups in total. The molecular weight excluding hydrogens is 512 g/mol. The summed E-state index contributed by atoms with van der Waals surface area (Å²) < 4.78 is 58.4. The number of sulfonamides is 1. The summed E-state index contributed by atoms with van der Waals surface area (Å²) >= 11 is 0. The summed E-state index contributed by atoms with van der Waals surface area (Å²) in [7, 11) is -8.06. The zero-order valence-corrected chi connectivity index (χ0v) is 24.6. The van der Waals surface area contributed by atoms with E-state index in [-0.39, 0.29) is 122 Å². The second kappa shape index (κ2) is 15.5. The van der Waals surface area contributed by atoms with Gasteiger partial charge in [-0.3, -0.25) is 0 Å². The van der Waals surface area contributed by atoms with E-state index >= 15 is 0 Å². The van der Waals surface area contributed by atoms with Gasteiger partial charge in [-0.1, -0.05) is 10.6 Å². The molecule has 0 amide bonds. The predicted molar refractivity (Wildman–Crippen MR) is 114 cm³/mol. The molecular formula is C16H23N7Na2O7S2. The Kier molecular flexibility index (Phi) is 15.2. The number of hydrogen-bond acceptors (Lipinski definition) is 13. The minimum absolute atomic E-state index is 0. The van der Waals surface area contributed by atoms with Crippen LogP contribution in [0.4, 0.5) is 23.5 Å².